The number of nitrogens with zero attached hydrogens (tertiary/aromatic N) is 3. The molecule has 2 aromatic carbocycles. The highest BCUT2D eigenvalue weighted by molar-refractivity contribution is 7.86. The Balaban J connectivity index is 1.77. The molecule has 0 bridgehead atoms. The third-order valence-electron chi connectivity index (χ3n) is 4.53. The zero-order chi connectivity index (χ0) is 18.0. The molecule has 0 N–H and O–H groups in total. The third kappa shape index (κ3) is 4.14. The summed E-state index contributed by atoms with van der Waals surface area (Å²) in [5.41, 5.74) is 2.22. The van der Waals surface area contributed by atoms with Crippen LogP contribution >= 0.6 is 11.6 Å². The molecule has 0 amide bonds. The van der Waals surface area contributed by atoms with Crippen LogP contribution in [0.2, 0.25) is 5.02 Å². The van der Waals surface area contributed by atoms with E-state index in [9.17, 15) is 8.09 Å². The lowest BCUT2D eigenvalue weighted by Gasteiger charge is -2.26. The van der Waals surface area contributed by atoms with Gasteiger partial charge in [0, 0.05) is 36.9 Å². The zero-order valence-electron chi connectivity index (χ0n) is 14.2. The SMILES string of the molecule is Cc1ccc(N=S(=O)(F)N2CCC(N(C)c3ccccc3)C2)cc1Cl. The number of para-hydroxylation sites is 1. The highest BCUT2D eigenvalue weighted by Gasteiger charge is 2.32. The van der Waals surface area contributed by atoms with Gasteiger partial charge in [-0.3, -0.25) is 0 Å². The van der Waals surface area contributed by atoms with E-state index in [2.05, 4.69) is 9.26 Å². The number of rotatable bonds is 4. The molecular weight excluding hydrogens is 361 g/mol. The molecule has 2 aromatic rings. The van der Waals surface area contributed by atoms with E-state index < -0.39 is 10.3 Å². The number of likely N-dealkylation sites (N-methyl/N-ethyl adjacent to an activating group) is 1. The molecule has 4 nitrogen and oxygen atoms in total. The summed E-state index contributed by atoms with van der Waals surface area (Å²) in [4.78, 5) is 2.10. The second-order valence-corrected chi connectivity index (χ2v) is 8.20. The van der Waals surface area contributed by atoms with Gasteiger partial charge in [0.25, 0.3) is 10.3 Å². The summed E-state index contributed by atoms with van der Waals surface area (Å²) in [5.74, 6) is 0. The standard InChI is InChI=1S/C18H21ClFN3OS/c1-14-8-9-15(12-18(14)19)21-25(20,24)23-11-10-17(13-23)22(2)16-6-4-3-5-7-16/h3-9,12,17H,10-11,13H2,1-2H3. The molecule has 25 heavy (non-hydrogen) atoms. The van der Waals surface area contributed by atoms with Crippen molar-refractivity contribution in [3.05, 3.63) is 59.1 Å². The predicted molar refractivity (Wildman–Crippen MR) is 102 cm³/mol. The second-order valence-electron chi connectivity index (χ2n) is 6.23. The minimum atomic E-state index is -3.97. The Morgan fingerprint density at radius 3 is 2.68 bits per heavy atom. The van der Waals surface area contributed by atoms with E-state index in [0.29, 0.717) is 23.8 Å². The summed E-state index contributed by atoms with van der Waals surface area (Å²) in [6, 6.07) is 14.9. The van der Waals surface area contributed by atoms with Crippen molar-refractivity contribution < 1.29 is 8.09 Å². The van der Waals surface area contributed by atoms with Crippen LogP contribution in [0.4, 0.5) is 15.3 Å². The molecule has 1 aliphatic rings. The monoisotopic (exact) mass is 381 g/mol. The molecule has 0 aromatic heterocycles. The fourth-order valence-corrected chi connectivity index (χ4v) is 4.28. The molecule has 1 saturated heterocycles. The molecule has 7 heteroatoms. The van der Waals surface area contributed by atoms with Gasteiger partial charge >= 0.3 is 0 Å². The third-order valence-corrected chi connectivity index (χ3v) is 6.34. The molecule has 2 unspecified atom stereocenters. The normalized spacial score (nSPS) is 20.2. The fraction of sp³-hybridized carbons (Fsp3) is 0.333. The van der Waals surface area contributed by atoms with Crippen molar-refractivity contribution >= 4 is 33.3 Å². The summed E-state index contributed by atoms with van der Waals surface area (Å²) >= 11 is 6.04. The molecule has 1 fully saturated rings. The van der Waals surface area contributed by atoms with E-state index >= 15 is 0 Å². The van der Waals surface area contributed by atoms with Crippen molar-refractivity contribution in [3.63, 3.8) is 0 Å². The minimum Gasteiger partial charge on any atom is -0.370 e. The average molecular weight is 382 g/mol. The summed E-state index contributed by atoms with van der Waals surface area (Å²) in [7, 11) is -2.00. The van der Waals surface area contributed by atoms with E-state index in [-0.39, 0.29) is 6.04 Å². The van der Waals surface area contributed by atoms with Gasteiger partial charge in [-0.2, -0.15) is 12.9 Å². The van der Waals surface area contributed by atoms with Crippen LogP contribution in [0.15, 0.2) is 52.9 Å². The van der Waals surface area contributed by atoms with E-state index in [4.69, 9.17) is 11.6 Å². The fourth-order valence-electron chi connectivity index (χ4n) is 2.93. The first-order valence-corrected chi connectivity index (χ1v) is 9.88. The summed E-state index contributed by atoms with van der Waals surface area (Å²) in [6.45, 7) is 2.62. The van der Waals surface area contributed by atoms with Crippen molar-refractivity contribution in [2.75, 3.05) is 25.0 Å². The molecule has 3 rings (SSSR count). The Morgan fingerprint density at radius 1 is 1.28 bits per heavy atom. The zero-order valence-corrected chi connectivity index (χ0v) is 15.8. The van der Waals surface area contributed by atoms with Gasteiger partial charge < -0.3 is 4.90 Å². The Hall–Kier alpha value is -1.63. The number of benzene rings is 2. The minimum absolute atomic E-state index is 0.0933. The smallest absolute Gasteiger partial charge is 0.275 e. The van der Waals surface area contributed by atoms with Gasteiger partial charge in [-0.1, -0.05) is 35.9 Å². The molecule has 134 valence electrons. The lowest BCUT2D eigenvalue weighted by molar-refractivity contribution is 0.483. The molecule has 0 saturated carbocycles. The summed E-state index contributed by atoms with van der Waals surface area (Å²) < 4.78 is 32.4. The highest BCUT2D eigenvalue weighted by atomic mass is 35.5. The van der Waals surface area contributed by atoms with Crippen LogP contribution in [-0.2, 0) is 10.3 Å². The molecular formula is C18H21ClFN3OS. The largest absolute Gasteiger partial charge is 0.370 e. The van der Waals surface area contributed by atoms with Crippen molar-refractivity contribution in [2.24, 2.45) is 4.36 Å². The Bertz CT molecular complexity index is 868. The average Bonchev–Trinajstić information content (AvgIpc) is 3.09. The van der Waals surface area contributed by atoms with Crippen LogP contribution in [0.5, 0.6) is 0 Å². The van der Waals surface area contributed by atoms with Crippen LogP contribution in [-0.4, -0.2) is 34.7 Å². The van der Waals surface area contributed by atoms with E-state index in [0.717, 1.165) is 17.7 Å². The number of hydrogen-bond donors (Lipinski definition) is 0. The molecule has 0 spiro atoms. The summed E-state index contributed by atoms with van der Waals surface area (Å²) in [5, 5.41) is 0.486. The maximum atomic E-state index is 14.8. The highest BCUT2D eigenvalue weighted by Crippen LogP contribution is 2.28. The lowest BCUT2D eigenvalue weighted by Crippen LogP contribution is -2.35. The molecule has 1 heterocycles. The number of hydrogen-bond acceptors (Lipinski definition) is 3. The lowest BCUT2D eigenvalue weighted by atomic mass is 10.2. The van der Waals surface area contributed by atoms with Gasteiger partial charge in [0.2, 0.25) is 0 Å². The van der Waals surface area contributed by atoms with Gasteiger partial charge in [0.1, 0.15) is 0 Å². The summed E-state index contributed by atoms with van der Waals surface area (Å²) in [6.07, 6.45) is 0.733. The van der Waals surface area contributed by atoms with Crippen molar-refractivity contribution in [1.82, 2.24) is 4.31 Å². The van der Waals surface area contributed by atoms with E-state index in [1.54, 1.807) is 18.2 Å². The van der Waals surface area contributed by atoms with Gasteiger partial charge in [-0.15, -0.1) is 3.89 Å². The molecule has 0 aliphatic carbocycles. The van der Waals surface area contributed by atoms with Gasteiger partial charge in [-0.05, 0) is 43.2 Å². The van der Waals surface area contributed by atoms with Gasteiger partial charge in [0.15, 0.2) is 0 Å². The predicted octanol–water partition coefficient (Wildman–Crippen LogP) is 4.76. The first-order valence-electron chi connectivity index (χ1n) is 8.13. The quantitative estimate of drug-likeness (QED) is 0.716. The van der Waals surface area contributed by atoms with Crippen molar-refractivity contribution in [3.8, 4) is 0 Å². The Kier molecular flexibility index (Phi) is 5.32. The Labute approximate surface area is 153 Å². The molecule has 2 atom stereocenters. The van der Waals surface area contributed by atoms with Crippen LogP contribution in [0.25, 0.3) is 0 Å². The van der Waals surface area contributed by atoms with E-state index in [1.165, 1.54) is 4.31 Å². The van der Waals surface area contributed by atoms with Gasteiger partial charge in [-0.25, -0.2) is 0 Å². The first-order chi connectivity index (χ1) is 11.9. The second kappa shape index (κ2) is 7.32. The number of aryl methyl sites for hydroxylation is 1. The Morgan fingerprint density at radius 2 is 2.00 bits per heavy atom. The van der Waals surface area contributed by atoms with E-state index in [1.807, 2.05) is 44.3 Å². The molecule has 1 aliphatic heterocycles. The van der Waals surface area contributed by atoms with Crippen LogP contribution < -0.4 is 4.90 Å². The van der Waals surface area contributed by atoms with Crippen LogP contribution in [0, 0.1) is 6.92 Å². The van der Waals surface area contributed by atoms with Crippen LogP contribution in [0.3, 0.4) is 0 Å². The van der Waals surface area contributed by atoms with Crippen LogP contribution in [0.1, 0.15) is 12.0 Å². The number of anilines is 1. The first kappa shape index (κ1) is 18.2. The van der Waals surface area contributed by atoms with Crippen molar-refractivity contribution in [1.29, 1.82) is 0 Å². The van der Waals surface area contributed by atoms with Crippen molar-refractivity contribution in [2.45, 2.75) is 19.4 Å². The number of halogens is 2. The maximum Gasteiger partial charge on any atom is 0.275 e. The maximum absolute atomic E-state index is 14.8. The van der Waals surface area contributed by atoms with Gasteiger partial charge in [0.05, 0.1) is 5.69 Å². The molecule has 0 radical (unpaired) electrons. The topological polar surface area (TPSA) is 35.9 Å².